The summed E-state index contributed by atoms with van der Waals surface area (Å²) in [6.45, 7) is 2.01. The first kappa shape index (κ1) is 17.8. The monoisotopic (exact) mass is 353 g/mol. The van der Waals surface area contributed by atoms with Crippen molar-refractivity contribution >= 4 is 23.3 Å². The summed E-state index contributed by atoms with van der Waals surface area (Å²) in [5.74, 6) is 0.350. The number of hydrogen-bond acceptors (Lipinski definition) is 3. The van der Waals surface area contributed by atoms with E-state index in [1.165, 1.54) is 19.6 Å². The van der Waals surface area contributed by atoms with Gasteiger partial charge in [-0.2, -0.15) is 0 Å². The molecule has 1 fully saturated rings. The summed E-state index contributed by atoms with van der Waals surface area (Å²) in [7, 11) is 1.53. The van der Waals surface area contributed by atoms with Gasteiger partial charge in [-0.1, -0.05) is 30.3 Å². The smallest absolute Gasteiger partial charge is 0.319 e. The molecule has 2 aromatic carbocycles. The van der Waals surface area contributed by atoms with Gasteiger partial charge in [-0.05, 0) is 36.6 Å². The Balaban J connectivity index is 1.64. The fourth-order valence-electron chi connectivity index (χ4n) is 3.01. The summed E-state index contributed by atoms with van der Waals surface area (Å²) < 4.78 is 5.28. The fourth-order valence-corrected chi connectivity index (χ4v) is 3.01. The Morgan fingerprint density at radius 3 is 2.42 bits per heavy atom. The average Bonchev–Trinajstić information content (AvgIpc) is 3.42. The van der Waals surface area contributed by atoms with Gasteiger partial charge in [-0.3, -0.25) is 4.79 Å². The topological polar surface area (TPSA) is 79.5 Å². The van der Waals surface area contributed by atoms with E-state index in [9.17, 15) is 9.59 Å². The molecule has 2 aromatic rings. The maximum atomic E-state index is 12.4. The second kappa shape index (κ2) is 7.47. The highest BCUT2D eigenvalue weighted by Gasteiger charge is 2.44. The number of urea groups is 1. The van der Waals surface area contributed by atoms with Crippen LogP contribution < -0.4 is 20.7 Å². The molecule has 3 rings (SSSR count). The van der Waals surface area contributed by atoms with Gasteiger partial charge >= 0.3 is 6.03 Å². The molecule has 0 aliphatic heterocycles. The molecule has 0 spiro atoms. The molecular formula is C20H23N3O3. The summed E-state index contributed by atoms with van der Waals surface area (Å²) in [5, 5.41) is 8.44. The SMILES string of the molecule is COc1ccc(NC(C)=O)cc1NC(=O)NCC1(c2ccccc2)CC1. The van der Waals surface area contributed by atoms with Gasteiger partial charge in [-0.25, -0.2) is 4.79 Å². The van der Waals surface area contributed by atoms with Crippen LogP contribution in [0.25, 0.3) is 0 Å². The molecule has 0 bridgehead atoms. The van der Waals surface area contributed by atoms with Crippen LogP contribution in [0.2, 0.25) is 0 Å². The number of hydrogen-bond donors (Lipinski definition) is 3. The minimum atomic E-state index is -0.300. The summed E-state index contributed by atoms with van der Waals surface area (Å²) in [4.78, 5) is 23.6. The van der Waals surface area contributed by atoms with Crippen LogP contribution in [-0.4, -0.2) is 25.6 Å². The van der Waals surface area contributed by atoms with Crippen LogP contribution in [0.1, 0.15) is 25.3 Å². The number of amides is 3. The molecule has 1 aliphatic rings. The van der Waals surface area contributed by atoms with Gasteiger partial charge in [0.1, 0.15) is 5.75 Å². The lowest BCUT2D eigenvalue weighted by Crippen LogP contribution is -2.35. The Morgan fingerprint density at radius 1 is 1.08 bits per heavy atom. The molecule has 0 unspecified atom stereocenters. The third-order valence-corrected chi connectivity index (χ3v) is 4.60. The summed E-state index contributed by atoms with van der Waals surface area (Å²) in [6.07, 6.45) is 2.14. The molecule has 3 amide bonds. The van der Waals surface area contributed by atoms with Crippen molar-refractivity contribution in [2.24, 2.45) is 0 Å². The number of rotatable bonds is 6. The number of ether oxygens (including phenoxy) is 1. The second-order valence-corrected chi connectivity index (χ2v) is 6.55. The predicted octanol–water partition coefficient (Wildman–Crippen LogP) is 3.51. The Bertz CT molecular complexity index is 801. The van der Waals surface area contributed by atoms with E-state index in [4.69, 9.17) is 4.74 Å². The van der Waals surface area contributed by atoms with Crippen molar-refractivity contribution in [3.63, 3.8) is 0 Å². The molecule has 136 valence electrons. The third-order valence-electron chi connectivity index (χ3n) is 4.60. The maximum Gasteiger partial charge on any atom is 0.319 e. The van der Waals surface area contributed by atoms with Gasteiger partial charge in [0.2, 0.25) is 5.91 Å². The first-order chi connectivity index (χ1) is 12.5. The van der Waals surface area contributed by atoms with Gasteiger partial charge in [0.15, 0.2) is 0 Å². The summed E-state index contributed by atoms with van der Waals surface area (Å²) in [5.41, 5.74) is 2.39. The lowest BCUT2D eigenvalue weighted by atomic mass is 9.96. The van der Waals surface area contributed by atoms with Gasteiger partial charge in [0.25, 0.3) is 0 Å². The first-order valence-electron chi connectivity index (χ1n) is 8.58. The van der Waals surface area contributed by atoms with E-state index in [2.05, 4.69) is 28.1 Å². The summed E-state index contributed by atoms with van der Waals surface area (Å²) in [6, 6.07) is 15.0. The molecule has 0 aromatic heterocycles. The van der Waals surface area contributed by atoms with E-state index >= 15 is 0 Å². The highest BCUT2D eigenvalue weighted by molar-refractivity contribution is 5.94. The number of carbonyl (C=O) groups excluding carboxylic acids is 2. The van der Waals surface area contributed by atoms with Crippen LogP contribution in [0.5, 0.6) is 5.75 Å². The number of benzene rings is 2. The molecule has 0 heterocycles. The molecule has 1 aliphatic carbocycles. The van der Waals surface area contributed by atoms with E-state index in [1.54, 1.807) is 18.2 Å². The number of carbonyl (C=O) groups is 2. The molecule has 1 saturated carbocycles. The molecule has 0 radical (unpaired) electrons. The minimum absolute atomic E-state index is 0.0424. The average molecular weight is 353 g/mol. The van der Waals surface area contributed by atoms with Crippen molar-refractivity contribution in [2.45, 2.75) is 25.2 Å². The molecule has 6 nitrogen and oxygen atoms in total. The Kier molecular flexibility index (Phi) is 5.11. The predicted molar refractivity (Wildman–Crippen MR) is 102 cm³/mol. The zero-order valence-electron chi connectivity index (χ0n) is 15.0. The van der Waals surface area contributed by atoms with E-state index in [1.807, 2.05) is 18.2 Å². The van der Waals surface area contributed by atoms with Crippen LogP contribution in [0.3, 0.4) is 0 Å². The van der Waals surface area contributed by atoms with Gasteiger partial charge < -0.3 is 20.7 Å². The lowest BCUT2D eigenvalue weighted by molar-refractivity contribution is -0.114. The lowest BCUT2D eigenvalue weighted by Gasteiger charge is -2.18. The molecule has 26 heavy (non-hydrogen) atoms. The van der Waals surface area contributed by atoms with Gasteiger partial charge in [0.05, 0.1) is 12.8 Å². The Hall–Kier alpha value is -3.02. The van der Waals surface area contributed by atoms with Crippen LogP contribution in [0, 0.1) is 0 Å². The highest BCUT2D eigenvalue weighted by Crippen LogP contribution is 2.47. The highest BCUT2D eigenvalue weighted by atomic mass is 16.5. The summed E-state index contributed by atoms with van der Waals surface area (Å²) >= 11 is 0. The minimum Gasteiger partial charge on any atom is -0.495 e. The molecule has 3 N–H and O–H groups in total. The molecule has 0 saturated heterocycles. The van der Waals surface area contributed by atoms with Gasteiger partial charge in [-0.15, -0.1) is 0 Å². The quantitative estimate of drug-likeness (QED) is 0.743. The van der Waals surface area contributed by atoms with Crippen LogP contribution >= 0.6 is 0 Å². The largest absolute Gasteiger partial charge is 0.495 e. The normalized spacial score (nSPS) is 14.2. The number of nitrogens with one attached hydrogen (secondary N) is 3. The number of anilines is 2. The van der Waals surface area contributed by atoms with Crippen LogP contribution in [-0.2, 0) is 10.2 Å². The van der Waals surface area contributed by atoms with E-state index in [0.717, 1.165) is 12.8 Å². The number of methoxy groups -OCH3 is 1. The molecule has 6 heteroatoms. The third kappa shape index (κ3) is 4.14. The van der Waals surface area contributed by atoms with Crippen molar-refractivity contribution in [3.05, 3.63) is 54.1 Å². The van der Waals surface area contributed by atoms with Crippen molar-refractivity contribution in [2.75, 3.05) is 24.3 Å². The van der Waals surface area contributed by atoms with Crippen molar-refractivity contribution in [1.82, 2.24) is 5.32 Å². The standard InChI is InChI=1S/C20H23N3O3/c1-14(24)22-16-8-9-18(26-2)17(12-16)23-19(25)21-13-20(10-11-20)15-6-4-3-5-7-15/h3-9,12H,10-11,13H2,1-2H3,(H,22,24)(H2,21,23,25). The zero-order chi connectivity index (χ0) is 18.6. The van der Waals surface area contributed by atoms with Gasteiger partial charge in [0, 0.05) is 24.6 Å². The van der Waals surface area contributed by atoms with Crippen LogP contribution in [0.4, 0.5) is 16.2 Å². The first-order valence-corrected chi connectivity index (χ1v) is 8.58. The Morgan fingerprint density at radius 2 is 1.81 bits per heavy atom. The van der Waals surface area contributed by atoms with Crippen molar-refractivity contribution in [1.29, 1.82) is 0 Å². The Labute approximate surface area is 152 Å². The maximum absolute atomic E-state index is 12.4. The molecule has 0 atom stereocenters. The van der Waals surface area contributed by atoms with Crippen LogP contribution in [0.15, 0.2) is 48.5 Å². The van der Waals surface area contributed by atoms with E-state index in [-0.39, 0.29) is 17.4 Å². The van der Waals surface area contributed by atoms with E-state index in [0.29, 0.717) is 23.7 Å². The zero-order valence-corrected chi connectivity index (χ0v) is 15.0. The van der Waals surface area contributed by atoms with Crippen molar-refractivity contribution in [3.8, 4) is 5.75 Å². The second-order valence-electron chi connectivity index (χ2n) is 6.55. The van der Waals surface area contributed by atoms with Crippen molar-refractivity contribution < 1.29 is 14.3 Å². The van der Waals surface area contributed by atoms with E-state index < -0.39 is 0 Å². The fraction of sp³-hybridized carbons (Fsp3) is 0.300. The molecular weight excluding hydrogens is 330 g/mol.